The second-order valence-electron chi connectivity index (χ2n) is 2.96. The summed E-state index contributed by atoms with van der Waals surface area (Å²) in [6, 6.07) is 5.71. The summed E-state index contributed by atoms with van der Waals surface area (Å²) in [6.07, 6.45) is 1.78. The van der Waals surface area contributed by atoms with E-state index in [1.54, 1.807) is 0 Å². The van der Waals surface area contributed by atoms with Gasteiger partial charge >= 0.3 is 0 Å². The van der Waals surface area contributed by atoms with Crippen molar-refractivity contribution >= 4 is 33.2 Å². The Morgan fingerprint density at radius 1 is 1.36 bits per heavy atom. The van der Waals surface area contributed by atoms with Gasteiger partial charge in [0.15, 0.2) is 0 Å². The highest BCUT2D eigenvalue weighted by molar-refractivity contribution is 9.10. The molecule has 4 heteroatoms. The maximum Gasteiger partial charge on any atom is 0.0593 e. The molecule has 0 aromatic heterocycles. The molecule has 2 N–H and O–H groups in total. The van der Waals surface area contributed by atoms with Crippen molar-refractivity contribution in [2.75, 3.05) is 18.5 Å². The Morgan fingerprint density at radius 3 is 2.86 bits per heavy atom. The molecule has 0 atom stereocenters. The molecule has 0 bridgehead atoms. The third-order valence-electron chi connectivity index (χ3n) is 1.85. The SMILES string of the molecule is OCCCCNc1cccc(Cl)c1Br. The molecule has 0 fully saturated rings. The van der Waals surface area contributed by atoms with Crippen LogP contribution < -0.4 is 5.32 Å². The van der Waals surface area contributed by atoms with Crippen LogP contribution in [0, 0.1) is 0 Å². The molecule has 2 nitrogen and oxygen atoms in total. The van der Waals surface area contributed by atoms with Crippen molar-refractivity contribution in [2.45, 2.75) is 12.8 Å². The Bertz CT molecular complexity index is 293. The molecular formula is C10H13BrClNO. The fourth-order valence-corrected chi connectivity index (χ4v) is 1.68. The number of benzene rings is 1. The van der Waals surface area contributed by atoms with Crippen molar-refractivity contribution in [1.29, 1.82) is 0 Å². The van der Waals surface area contributed by atoms with Gasteiger partial charge in [0.25, 0.3) is 0 Å². The van der Waals surface area contributed by atoms with Gasteiger partial charge < -0.3 is 10.4 Å². The van der Waals surface area contributed by atoms with Crippen molar-refractivity contribution in [3.05, 3.63) is 27.7 Å². The lowest BCUT2D eigenvalue weighted by atomic mass is 10.3. The molecule has 0 heterocycles. The quantitative estimate of drug-likeness (QED) is 0.810. The standard InChI is InChI=1S/C10H13BrClNO/c11-10-8(12)4-3-5-9(10)13-6-1-2-7-14/h3-5,13-14H,1-2,6-7H2. The summed E-state index contributed by atoms with van der Waals surface area (Å²) < 4.78 is 0.894. The zero-order valence-electron chi connectivity index (χ0n) is 7.76. The monoisotopic (exact) mass is 277 g/mol. The van der Waals surface area contributed by atoms with Crippen LogP contribution in [0.25, 0.3) is 0 Å². The summed E-state index contributed by atoms with van der Waals surface area (Å²) >= 11 is 9.33. The minimum absolute atomic E-state index is 0.248. The molecule has 0 aliphatic carbocycles. The Labute approximate surface area is 97.4 Å². The van der Waals surface area contributed by atoms with Crippen molar-refractivity contribution < 1.29 is 5.11 Å². The van der Waals surface area contributed by atoms with Crippen LogP contribution >= 0.6 is 27.5 Å². The molecule has 0 amide bonds. The van der Waals surface area contributed by atoms with E-state index in [-0.39, 0.29) is 6.61 Å². The Kier molecular flexibility index (Phi) is 5.30. The molecule has 78 valence electrons. The number of hydrogen-bond donors (Lipinski definition) is 2. The van der Waals surface area contributed by atoms with Crippen LogP contribution in [0.3, 0.4) is 0 Å². The Balaban J connectivity index is 2.46. The van der Waals surface area contributed by atoms with Gasteiger partial charge in [0.2, 0.25) is 0 Å². The number of rotatable bonds is 5. The number of unbranched alkanes of at least 4 members (excludes halogenated alkanes) is 1. The first-order valence-corrected chi connectivity index (χ1v) is 5.71. The molecule has 1 rings (SSSR count). The highest BCUT2D eigenvalue weighted by Crippen LogP contribution is 2.29. The zero-order chi connectivity index (χ0) is 10.4. The van der Waals surface area contributed by atoms with Crippen LogP contribution in [0.15, 0.2) is 22.7 Å². The van der Waals surface area contributed by atoms with Gasteiger partial charge in [-0.3, -0.25) is 0 Å². The lowest BCUT2D eigenvalue weighted by Gasteiger charge is -2.08. The van der Waals surface area contributed by atoms with E-state index in [1.165, 1.54) is 0 Å². The smallest absolute Gasteiger partial charge is 0.0593 e. The van der Waals surface area contributed by atoms with E-state index in [1.807, 2.05) is 18.2 Å². The lowest BCUT2D eigenvalue weighted by molar-refractivity contribution is 0.286. The summed E-state index contributed by atoms with van der Waals surface area (Å²) in [5.41, 5.74) is 0.996. The first-order valence-electron chi connectivity index (χ1n) is 4.54. The van der Waals surface area contributed by atoms with E-state index in [9.17, 15) is 0 Å². The second kappa shape index (κ2) is 6.27. The number of anilines is 1. The van der Waals surface area contributed by atoms with Crippen LogP contribution in [-0.4, -0.2) is 18.3 Å². The molecule has 1 aromatic rings. The summed E-state index contributed by atoms with van der Waals surface area (Å²) in [4.78, 5) is 0. The fraction of sp³-hybridized carbons (Fsp3) is 0.400. The van der Waals surface area contributed by atoms with Crippen LogP contribution in [0.2, 0.25) is 5.02 Å². The number of aliphatic hydroxyl groups is 1. The minimum Gasteiger partial charge on any atom is -0.396 e. The van der Waals surface area contributed by atoms with E-state index in [0.717, 1.165) is 29.5 Å². The van der Waals surface area contributed by atoms with Gasteiger partial charge in [0, 0.05) is 18.8 Å². The van der Waals surface area contributed by atoms with E-state index in [2.05, 4.69) is 21.2 Å². The van der Waals surface area contributed by atoms with Crippen molar-refractivity contribution in [2.24, 2.45) is 0 Å². The molecule has 1 aromatic carbocycles. The van der Waals surface area contributed by atoms with Gasteiger partial charge in [0.05, 0.1) is 9.50 Å². The highest BCUT2D eigenvalue weighted by atomic mass is 79.9. The van der Waals surface area contributed by atoms with Crippen molar-refractivity contribution in [3.8, 4) is 0 Å². The number of aliphatic hydroxyl groups excluding tert-OH is 1. The first-order chi connectivity index (χ1) is 6.75. The van der Waals surface area contributed by atoms with Gasteiger partial charge in [-0.1, -0.05) is 17.7 Å². The van der Waals surface area contributed by atoms with Crippen molar-refractivity contribution in [1.82, 2.24) is 0 Å². The molecule has 0 unspecified atom stereocenters. The zero-order valence-corrected chi connectivity index (χ0v) is 10.1. The van der Waals surface area contributed by atoms with Crippen LogP contribution in [0.4, 0.5) is 5.69 Å². The number of halogens is 2. The summed E-state index contributed by atoms with van der Waals surface area (Å²) in [7, 11) is 0. The number of hydrogen-bond acceptors (Lipinski definition) is 2. The second-order valence-corrected chi connectivity index (χ2v) is 4.16. The molecular weight excluding hydrogens is 265 g/mol. The van der Waals surface area contributed by atoms with Gasteiger partial charge in [-0.15, -0.1) is 0 Å². The maximum atomic E-state index is 8.60. The maximum absolute atomic E-state index is 8.60. The molecule has 0 aliphatic rings. The largest absolute Gasteiger partial charge is 0.396 e. The molecule has 0 radical (unpaired) electrons. The van der Waals surface area contributed by atoms with E-state index < -0.39 is 0 Å². The molecule has 14 heavy (non-hydrogen) atoms. The first kappa shape index (κ1) is 11.8. The average Bonchev–Trinajstić information content (AvgIpc) is 2.19. The fourth-order valence-electron chi connectivity index (χ4n) is 1.10. The average molecular weight is 279 g/mol. The van der Waals surface area contributed by atoms with E-state index in [0.29, 0.717) is 5.02 Å². The third kappa shape index (κ3) is 3.48. The summed E-state index contributed by atoms with van der Waals surface area (Å²) in [5, 5.41) is 12.6. The normalized spacial score (nSPS) is 10.2. The molecule has 0 spiro atoms. The molecule has 0 aliphatic heterocycles. The van der Waals surface area contributed by atoms with Gasteiger partial charge in [-0.05, 0) is 40.9 Å². The van der Waals surface area contributed by atoms with Gasteiger partial charge in [-0.2, -0.15) is 0 Å². The third-order valence-corrected chi connectivity index (χ3v) is 3.25. The predicted molar refractivity (Wildman–Crippen MR) is 64.0 cm³/mol. The highest BCUT2D eigenvalue weighted by Gasteiger charge is 2.01. The van der Waals surface area contributed by atoms with Crippen molar-refractivity contribution in [3.63, 3.8) is 0 Å². The predicted octanol–water partition coefficient (Wildman–Crippen LogP) is 3.29. The minimum atomic E-state index is 0.248. The summed E-state index contributed by atoms with van der Waals surface area (Å²) in [5.74, 6) is 0. The topological polar surface area (TPSA) is 32.3 Å². The number of nitrogens with one attached hydrogen (secondary N) is 1. The van der Waals surface area contributed by atoms with Gasteiger partial charge in [0.1, 0.15) is 0 Å². The van der Waals surface area contributed by atoms with E-state index >= 15 is 0 Å². The van der Waals surface area contributed by atoms with Crippen LogP contribution in [0.5, 0.6) is 0 Å². The Hall–Kier alpha value is -0.250. The van der Waals surface area contributed by atoms with Crippen LogP contribution in [-0.2, 0) is 0 Å². The Morgan fingerprint density at radius 2 is 2.14 bits per heavy atom. The molecule has 0 saturated heterocycles. The lowest BCUT2D eigenvalue weighted by Crippen LogP contribution is -2.02. The van der Waals surface area contributed by atoms with Crippen LogP contribution in [0.1, 0.15) is 12.8 Å². The van der Waals surface area contributed by atoms with Gasteiger partial charge in [-0.25, -0.2) is 0 Å². The summed E-state index contributed by atoms with van der Waals surface area (Å²) in [6.45, 7) is 1.10. The molecule has 0 saturated carbocycles. The van der Waals surface area contributed by atoms with E-state index in [4.69, 9.17) is 16.7 Å².